The number of hydrogen-bond donors (Lipinski definition) is 2. The molecule has 0 radical (unpaired) electrons. The van der Waals surface area contributed by atoms with Crippen molar-refractivity contribution in [1.29, 1.82) is 0 Å². The molecule has 0 fully saturated rings. The van der Waals surface area contributed by atoms with Crippen LogP contribution in [0.3, 0.4) is 0 Å². The average molecular weight is 298 g/mol. The van der Waals surface area contributed by atoms with Gasteiger partial charge in [-0.05, 0) is 0 Å². The van der Waals surface area contributed by atoms with E-state index in [9.17, 15) is 20.0 Å². The van der Waals surface area contributed by atoms with Gasteiger partial charge in [-0.15, -0.1) is 0 Å². The van der Waals surface area contributed by atoms with Gasteiger partial charge in [-0.2, -0.15) is 0 Å². The molecule has 1 unspecified atom stereocenters. The van der Waals surface area contributed by atoms with Crippen LogP contribution in [0.15, 0.2) is 12.3 Å². The molecule has 0 bridgehead atoms. The highest BCUT2D eigenvalue weighted by molar-refractivity contribution is 5.99. The molecule has 0 saturated carbocycles. The Morgan fingerprint density at radius 3 is 2.86 bits per heavy atom. The summed E-state index contributed by atoms with van der Waals surface area (Å²) in [5.74, 6) is -0.246. The molecular formula is C12H18N4O5. The molecule has 9 nitrogen and oxygen atoms in total. The summed E-state index contributed by atoms with van der Waals surface area (Å²) in [6.45, 7) is 0.127. The first-order valence-corrected chi connectivity index (χ1v) is 6.15. The van der Waals surface area contributed by atoms with Crippen LogP contribution in [0.4, 0.5) is 11.5 Å². The van der Waals surface area contributed by atoms with Crippen LogP contribution < -0.4 is 5.32 Å². The van der Waals surface area contributed by atoms with E-state index in [1.54, 1.807) is 7.05 Å². The van der Waals surface area contributed by atoms with Crippen LogP contribution in [0.25, 0.3) is 0 Å². The third kappa shape index (κ3) is 4.36. The van der Waals surface area contributed by atoms with Crippen LogP contribution in [-0.2, 0) is 4.74 Å². The summed E-state index contributed by atoms with van der Waals surface area (Å²) < 4.78 is 4.78. The van der Waals surface area contributed by atoms with Gasteiger partial charge in [0.25, 0.3) is 11.6 Å². The molecule has 9 heteroatoms. The number of likely N-dealkylation sites (N-methyl/N-ethyl adjacent to an activating group) is 1. The number of aliphatic hydroxyl groups is 1. The number of aliphatic hydroxyl groups excluding tert-OH is 1. The Morgan fingerprint density at radius 1 is 1.67 bits per heavy atom. The summed E-state index contributed by atoms with van der Waals surface area (Å²) in [6.07, 6.45) is 0.233. The van der Waals surface area contributed by atoms with Gasteiger partial charge in [0.1, 0.15) is 12.0 Å². The minimum Gasteiger partial charge on any atom is -0.389 e. The van der Waals surface area contributed by atoms with Crippen LogP contribution in [0.1, 0.15) is 10.4 Å². The lowest BCUT2D eigenvalue weighted by Gasteiger charge is -2.21. The zero-order chi connectivity index (χ0) is 16.0. The Labute approximate surface area is 121 Å². The van der Waals surface area contributed by atoms with E-state index in [-0.39, 0.29) is 30.2 Å². The second kappa shape index (κ2) is 7.50. The van der Waals surface area contributed by atoms with E-state index in [0.29, 0.717) is 0 Å². The van der Waals surface area contributed by atoms with Crippen LogP contribution in [0.5, 0.6) is 0 Å². The lowest BCUT2D eigenvalue weighted by atomic mass is 10.2. The van der Waals surface area contributed by atoms with E-state index in [2.05, 4.69) is 10.3 Å². The maximum Gasteiger partial charge on any atom is 0.288 e. The third-order valence-electron chi connectivity index (χ3n) is 2.74. The number of rotatable bonds is 7. The average Bonchev–Trinajstić information content (AvgIpc) is 2.45. The first kappa shape index (κ1) is 16.8. The van der Waals surface area contributed by atoms with Crippen LogP contribution in [0.2, 0.25) is 0 Å². The van der Waals surface area contributed by atoms with Gasteiger partial charge in [-0.3, -0.25) is 14.9 Å². The number of methoxy groups -OCH3 is 1. The lowest BCUT2D eigenvalue weighted by molar-refractivity contribution is -0.385. The maximum absolute atomic E-state index is 12.3. The Bertz CT molecular complexity index is 522. The largest absolute Gasteiger partial charge is 0.389 e. The number of nitro groups is 1. The van der Waals surface area contributed by atoms with Gasteiger partial charge < -0.3 is 20.1 Å². The molecule has 116 valence electrons. The molecule has 0 aromatic carbocycles. The van der Waals surface area contributed by atoms with Gasteiger partial charge >= 0.3 is 0 Å². The summed E-state index contributed by atoms with van der Waals surface area (Å²) in [5, 5.41) is 23.1. The van der Waals surface area contributed by atoms with Crippen LogP contribution in [-0.4, -0.2) is 66.3 Å². The molecular weight excluding hydrogens is 280 g/mol. The topological polar surface area (TPSA) is 118 Å². The number of nitrogens with one attached hydrogen (secondary N) is 1. The minimum absolute atomic E-state index is 0.0402. The minimum atomic E-state index is -0.839. The molecule has 1 aromatic heterocycles. The lowest BCUT2D eigenvalue weighted by Crippen LogP contribution is -2.36. The molecule has 1 amide bonds. The van der Waals surface area contributed by atoms with Crippen molar-refractivity contribution in [2.45, 2.75) is 6.10 Å². The molecule has 21 heavy (non-hydrogen) atoms. The molecule has 2 N–H and O–H groups in total. The van der Waals surface area contributed by atoms with E-state index < -0.39 is 16.9 Å². The fourth-order valence-corrected chi connectivity index (χ4v) is 1.77. The Hall–Kier alpha value is -2.26. The van der Waals surface area contributed by atoms with Crippen molar-refractivity contribution in [1.82, 2.24) is 9.88 Å². The number of ether oxygens (including phenoxy) is 1. The molecule has 0 aliphatic rings. The standard InChI is InChI=1S/C12H18N4O5/c1-13-11-10(4-8(5-14-11)16(19)20)12(18)15(2)6-9(17)7-21-3/h4-5,9,17H,6-7H2,1-3H3,(H,13,14). The van der Waals surface area contributed by atoms with Gasteiger partial charge in [-0.1, -0.05) is 0 Å². The normalized spacial score (nSPS) is 11.8. The molecule has 1 aromatic rings. The second-order valence-corrected chi connectivity index (χ2v) is 4.39. The highest BCUT2D eigenvalue weighted by atomic mass is 16.6. The highest BCUT2D eigenvalue weighted by Gasteiger charge is 2.22. The summed E-state index contributed by atoms with van der Waals surface area (Å²) in [6, 6.07) is 1.15. The van der Waals surface area contributed by atoms with Gasteiger partial charge in [-0.25, -0.2) is 4.98 Å². The van der Waals surface area contributed by atoms with Crippen molar-refractivity contribution >= 4 is 17.4 Å². The predicted molar refractivity (Wildman–Crippen MR) is 75.3 cm³/mol. The van der Waals surface area contributed by atoms with E-state index in [0.717, 1.165) is 12.3 Å². The summed E-state index contributed by atoms with van der Waals surface area (Å²) in [4.78, 5) is 27.6. The fraction of sp³-hybridized carbons (Fsp3) is 0.500. The van der Waals surface area contributed by atoms with E-state index in [4.69, 9.17) is 4.74 Å². The molecule has 1 rings (SSSR count). The summed E-state index contributed by atoms with van der Waals surface area (Å²) >= 11 is 0. The number of nitrogens with zero attached hydrogens (tertiary/aromatic N) is 3. The zero-order valence-corrected chi connectivity index (χ0v) is 12.1. The van der Waals surface area contributed by atoms with E-state index in [1.807, 2.05) is 0 Å². The van der Waals surface area contributed by atoms with Gasteiger partial charge in [0.15, 0.2) is 0 Å². The number of hydrogen-bond acceptors (Lipinski definition) is 7. The van der Waals surface area contributed by atoms with Gasteiger partial charge in [0.05, 0.1) is 23.2 Å². The van der Waals surface area contributed by atoms with E-state index in [1.165, 1.54) is 19.1 Å². The zero-order valence-electron chi connectivity index (χ0n) is 12.1. The molecule has 0 spiro atoms. The number of aromatic nitrogens is 1. The number of pyridine rings is 1. The number of anilines is 1. The van der Waals surface area contributed by atoms with E-state index >= 15 is 0 Å². The summed E-state index contributed by atoms with van der Waals surface area (Å²) in [7, 11) is 4.48. The molecule has 0 aliphatic carbocycles. The second-order valence-electron chi connectivity index (χ2n) is 4.39. The van der Waals surface area contributed by atoms with Crippen molar-refractivity contribution in [2.75, 3.05) is 39.7 Å². The predicted octanol–water partition coefficient (Wildman–Crippen LogP) is 0.111. The van der Waals surface area contributed by atoms with Crippen molar-refractivity contribution in [2.24, 2.45) is 0 Å². The summed E-state index contributed by atoms with van der Waals surface area (Å²) in [5.41, 5.74) is -0.206. The van der Waals surface area contributed by atoms with Crippen molar-refractivity contribution < 1.29 is 19.6 Å². The third-order valence-corrected chi connectivity index (χ3v) is 2.74. The molecule has 1 atom stereocenters. The molecule has 1 heterocycles. The smallest absolute Gasteiger partial charge is 0.288 e. The quantitative estimate of drug-likeness (QED) is 0.542. The first-order chi connectivity index (χ1) is 9.90. The van der Waals surface area contributed by atoms with Crippen molar-refractivity contribution in [3.8, 4) is 0 Å². The number of amides is 1. The molecule has 0 saturated heterocycles. The maximum atomic E-state index is 12.3. The van der Waals surface area contributed by atoms with Crippen LogP contribution >= 0.6 is 0 Å². The Balaban J connectivity index is 2.99. The monoisotopic (exact) mass is 298 g/mol. The number of carbonyl (C=O) groups excluding carboxylic acids is 1. The first-order valence-electron chi connectivity index (χ1n) is 6.15. The van der Waals surface area contributed by atoms with Gasteiger partial charge in [0.2, 0.25) is 0 Å². The number of carbonyl (C=O) groups is 1. The SMILES string of the molecule is CNc1ncc([N+](=O)[O-])cc1C(=O)N(C)CC(O)COC. The molecule has 0 aliphatic heterocycles. The van der Waals surface area contributed by atoms with Crippen molar-refractivity contribution in [3.05, 3.63) is 27.9 Å². The highest BCUT2D eigenvalue weighted by Crippen LogP contribution is 2.20. The Morgan fingerprint density at radius 2 is 2.33 bits per heavy atom. The van der Waals surface area contributed by atoms with Crippen molar-refractivity contribution in [3.63, 3.8) is 0 Å². The Kier molecular flexibility index (Phi) is 6.00. The fourth-order valence-electron chi connectivity index (χ4n) is 1.77. The van der Waals surface area contributed by atoms with Crippen LogP contribution in [0, 0.1) is 10.1 Å². The van der Waals surface area contributed by atoms with Gasteiger partial charge in [0, 0.05) is 33.8 Å².